The van der Waals surface area contributed by atoms with Gasteiger partial charge in [-0.3, -0.25) is 4.79 Å². The van der Waals surface area contributed by atoms with Crippen LogP contribution in [0.3, 0.4) is 0 Å². The van der Waals surface area contributed by atoms with Crippen molar-refractivity contribution in [3.05, 3.63) is 41.6 Å². The number of aromatic nitrogens is 2. The molecule has 6 heteroatoms. The average Bonchev–Trinajstić information content (AvgIpc) is 3.41. The van der Waals surface area contributed by atoms with Crippen molar-refractivity contribution in [3.63, 3.8) is 0 Å². The molecule has 0 spiro atoms. The van der Waals surface area contributed by atoms with Gasteiger partial charge >= 0.3 is 0 Å². The molecule has 1 saturated heterocycles. The lowest BCUT2D eigenvalue weighted by atomic mass is 9.95. The van der Waals surface area contributed by atoms with Crippen LogP contribution in [0.4, 0.5) is 5.82 Å². The predicted molar refractivity (Wildman–Crippen MR) is 98.7 cm³/mol. The van der Waals surface area contributed by atoms with Crippen LogP contribution in [0.5, 0.6) is 0 Å². The van der Waals surface area contributed by atoms with Crippen molar-refractivity contribution >= 4 is 11.7 Å². The average molecular weight is 349 g/mol. The first-order chi connectivity index (χ1) is 12.7. The van der Waals surface area contributed by atoms with Gasteiger partial charge in [0.1, 0.15) is 17.5 Å². The summed E-state index contributed by atoms with van der Waals surface area (Å²) in [7, 11) is 0. The van der Waals surface area contributed by atoms with Crippen LogP contribution in [0.2, 0.25) is 0 Å². The molecule has 4 rings (SSSR count). The molecule has 6 nitrogen and oxygen atoms in total. The Kier molecular flexibility index (Phi) is 4.37. The molecule has 0 unspecified atom stereocenters. The van der Waals surface area contributed by atoms with E-state index in [0.29, 0.717) is 34.6 Å². The number of nitrogens with two attached hydrogens (primary N) is 1. The van der Waals surface area contributed by atoms with Crippen molar-refractivity contribution in [2.45, 2.75) is 44.6 Å². The summed E-state index contributed by atoms with van der Waals surface area (Å²) in [4.78, 5) is 15.2. The summed E-state index contributed by atoms with van der Waals surface area (Å²) in [6.45, 7) is 0.840. The van der Waals surface area contributed by atoms with E-state index in [4.69, 9.17) is 11.0 Å². The highest BCUT2D eigenvalue weighted by atomic mass is 16.2. The van der Waals surface area contributed by atoms with Gasteiger partial charge in [0.2, 0.25) is 0 Å². The molecule has 2 heterocycles. The number of rotatable bonds is 3. The molecule has 2 fully saturated rings. The monoisotopic (exact) mass is 349 g/mol. The van der Waals surface area contributed by atoms with Gasteiger partial charge < -0.3 is 10.6 Å². The highest BCUT2D eigenvalue weighted by Crippen LogP contribution is 2.36. The number of hydrogen-bond donors (Lipinski definition) is 1. The van der Waals surface area contributed by atoms with Crippen LogP contribution in [0, 0.1) is 17.2 Å². The molecule has 1 aromatic carbocycles. The summed E-state index contributed by atoms with van der Waals surface area (Å²) in [5, 5.41) is 13.2. The summed E-state index contributed by atoms with van der Waals surface area (Å²) in [6, 6.07) is 9.76. The Morgan fingerprint density at radius 2 is 2.04 bits per heavy atom. The van der Waals surface area contributed by atoms with E-state index < -0.39 is 0 Å². The molecule has 2 aromatic rings. The first-order valence-corrected chi connectivity index (χ1v) is 9.34. The lowest BCUT2D eigenvalue weighted by Gasteiger charge is -2.29. The van der Waals surface area contributed by atoms with Crippen LogP contribution in [0.25, 0.3) is 5.69 Å². The van der Waals surface area contributed by atoms with E-state index in [1.54, 1.807) is 0 Å². The Bertz CT molecular complexity index is 859. The molecular formula is C20H23N5O. The smallest absolute Gasteiger partial charge is 0.254 e. The third-order valence-electron chi connectivity index (χ3n) is 5.77. The van der Waals surface area contributed by atoms with Crippen molar-refractivity contribution in [2.75, 3.05) is 12.3 Å². The number of carbonyl (C=O) groups excluding carboxylic acids is 1. The minimum Gasteiger partial charge on any atom is -0.382 e. The molecule has 1 atom stereocenters. The molecule has 0 radical (unpaired) electrons. The quantitative estimate of drug-likeness (QED) is 0.922. The zero-order valence-electron chi connectivity index (χ0n) is 14.8. The van der Waals surface area contributed by atoms with Gasteiger partial charge in [-0.05, 0) is 49.8 Å². The van der Waals surface area contributed by atoms with E-state index in [2.05, 4.69) is 10.00 Å². The first-order valence-electron chi connectivity index (χ1n) is 9.34. The number of nitrogens with zero attached hydrogens (tertiary/aromatic N) is 4. The SMILES string of the molecule is N#Cc1cnn(-c2cccc(C(=O)N3CCC[C@@H]3C3CCCC3)c2)c1N. The summed E-state index contributed by atoms with van der Waals surface area (Å²) >= 11 is 0. The van der Waals surface area contributed by atoms with E-state index in [9.17, 15) is 4.79 Å². The minimum atomic E-state index is 0.0903. The lowest BCUT2D eigenvalue weighted by Crippen LogP contribution is -2.39. The molecule has 134 valence electrons. The molecule has 1 aliphatic heterocycles. The molecular weight excluding hydrogens is 326 g/mol. The molecule has 2 aliphatic rings. The number of carbonyl (C=O) groups is 1. The van der Waals surface area contributed by atoms with Gasteiger partial charge in [0.05, 0.1) is 11.9 Å². The van der Waals surface area contributed by atoms with Crippen LogP contribution in [0.15, 0.2) is 30.5 Å². The molecule has 2 N–H and O–H groups in total. The maximum Gasteiger partial charge on any atom is 0.254 e. The van der Waals surface area contributed by atoms with Gasteiger partial charge in [-0.15, -0.1) is 0 Å². The fourth-order valence-electron chi connectivity index (χ4n) is 4.46. The van der Waals surface area contributed by atoms with E-state index >= 15 is 0 Å². The van der Waals surface area contributed by atoms with Crippen LogP contribution in [-0.4, -0.2) is 33.2 Å². The highest BCUT2D eigenvalue weighted by molar-refractivity contribution is 5.95. The maximum atomic E-state index is 13.2. The van der Waals surface area contributed by atoms with Gasteiger partial charge in [-0.1, -0.05) is 18.9 Å². The minimum absolute atomic E-state index is 0.0903. The fourth-order valence-corrected chi connectivity index (χ4v) is 4.46. The fraction of sp³-hybridized carbons (Fsp3) is 0.450. The summed E-state index contributed by atoms with van der Waals surface area (Å²) < 4.78 is 1.51. The van der Waals surface area contributed by atoms with Gasteiger partial charge in [-0.2, -0.15) is 10.4 Å². The van der Waals surface area contributed by atoms with Gasteiger partial charge in [0, 0.05) is 18.2 Å². The second-order valence-corrected chi connectivity index (χ2v) is 7.27. The van der Waals surface area contributed by atoms with Gasteiger partial charge in [0.15, 0.2) is 0 Å². The summed E-state index contributed by atoms with van der Waals surface area (Å²) in [6.07, 6.45) is 8.72. The number of anilines is 1. The molecule has 1 saturated carbocycles. The van der Waals surface area contributed by atoms with Gasteiger partial charge in [-0.25, -0.2) is 4.68 Å². The normalized spacial score (nSPS) is 20.4. The van der Waals surface area contributed by atoms with E-state index in [0.717, 1.165) is 19.4 Å². The Balaban J connectivity index is 1.60. The predicted octanol–water partition coefficient (Wildman–Crippen LogP) is 3.12. The molecule has 1 aliphatic carbocycles. The van der Waals surface area contributed by atoms with Crippen LogP contribution in [0.1, 0.15) is 54.4 Å². The van der Waals surface area contributed by atoms with Crippen molar-refractivity contribution in [1.29, 1.82) is 5.26 Å². The first kappa shape index (κ1) is 16.6. The summed E-state index contributed by atoms with van der Waals surface area (Å²) in [5.41, 5.74) is 7.67. The number of nitrogen functional groups attached to an aromatic ring is 1. The van der Waals surface area contributed by atoms with Crippen molar-refractivity contribution in [1.82, 2.24) is 14.7 Å². The standard InChI is InChI=1S/C20H23N5O/c21-12-16-13-23-25(19(16)22)17-8-3-7-15(11-17)20(26)24-10-4-9-18(24)14-5-1-2-6-14/h3,7-8,11,13-14,18H,1-2,4-6,9-10,22H2/t18-/m1/s1. The molecule has 26 heavy (non-hydrogen) atoms. The van der Waals surface area contributed by atoms with E-state index in [-0.39, 0.29) is 5.91 Å². The third-order valence-corrected chi connectivity index (χ3v) is 5.77. The molecule has 1 aromatic heterocycles. The topological polar surface area (TPSA) is 87.9 Å². The van der Waals surface area contributed by atoms with Crippen LogP contribution < -0.4 is 5.73 Å². The van der Waals surface area contributed by atoms with Crippen molar-refractivity contribution < 1.29 is 4.79 Å². The maximum absolute atomic E-state index is 13.2. The molecule has 0 bridgehead atoms. The number of hydrogen-bond acceptors (Lipinski definition) is 4. The van der Waals surface area contributed by atoms with Gasteiger partial charge in [0.25, 0.3) is 5.91 Å². The number of nitriles is 1. The Morgan fingerprint density at radius 1 is 1.23 bits per heavy atom. The lowest BCUT2D eigenvalue weighted by molar-refractivity contribution is 0.0689. The highest BCUT2D eigenvalue weighted by Gasteiger charge is 2.36. The number of amides is 1. The van der Waals surface area contributed by atoms with E-state index in [1.807, 2.05) is 30.3 Å². The van der Waals surface area contributed by atoms with Crippen molar-refractivity contribution in [2.24, 2.45) is 5.92 Å². The second-order valence-electron chi connectivity index (χ2n) is 7.27. The third kappa shape index (κ3) is 2.84. The Morgan fingerprint density at radius 3 is 2.77 bits per heavy atom. The van der Waals surface area contributed by atoms with Crippen molar-refractivity contribution in [3.8, 4) is 11.8 Å². The zero-order valence-corrected chi connectivity index (χ0v) is 14.8. The number of benzene rings is 1. The Labute approximate surface area is 153 Å². The van der Waals surface area contributed by atoms with Crippen LogP contribution in [-0.2, 0) is 0 Å². The Hall–Kier alpha value is -2.81. The van der Waals surface area contributed by atoms with Crippen LogP contribution >= 0.6 is 0 Å². The largest absolute Gasteiger partial charge is 0.382 e. The second kappa shape index (κ2) is 6.83. The number of likely N-dealkylation sites (tertiary alicyclic amines) is 1. The van der Waals surface area contributed by atoms with E-state index in [1.165, 1.54) is 36.6 Å². The molecule has 1 amide bonds. The summed E-state index contributed by atoms with van der Waals surface area (Å²) in [5.74, 6) is 1.04. The zero-order chi connectivity index (χ0) is 18.1.